The van der Waals surface area contributed by atoms with Crippen LogP contribution in [0.1, 0.15) is 20.8 Å². The van der Waals surface area contributed by atoms with E-state index in [0.717, 1.165) is 0 Å². The van der Waals surface area contributed by atoms with Crippen molar-refractivity contribution in [3.63, 3.8) is 0 Å². The van der Waals surface area contributed by atoms with Gasteiger partial charge in [0.15, 0.2) is 6.20 Å². The Kier molecular flexibility index (Phi) is 6.33. The van der Waals surface area contributed by atoms with E-state index in [-0.39, 0.29) is 17.1 Å². The van der Waals surface area contributed by atoms with Gasteiger partial charge in [-0.3, -0.25) is 0 Å². The molecule has 1 rings (SSSR count). The number of nitro groups is 1. The van der Waals surface area contributed by atoms with E-state index in [2.05, 4.69) is 4.98 Å². The molecule has 0 fully saturated rings. The number of aromatic nitrogens is 1. The lowest BCUT2D eigenvalue weighted by molar-refractivity contribution is -0.390. The highest BCUT2D eigenvalue weighted by Crippen LogP contribution is 2.28. The number of ether oxygens (including phenoxy) is 2. The summed E-state index contributed by atoms with van der Waals surface area (Å²) in [6, 6.07) is 1.55. The molecule has 134 valence electrons. The van der Waals surface area contributed by atoms with Crippen LogP contribution in [0.15, 0.2) is 12.3 Å². The van der Waals surface area contributed by atoms with Crippen molar-refractivity contribution in [3.05, 3.63) is 22.4 Å². The fraction of sp³-hybridized carbons (Fsp3) is 0.600. The molecule has 1 amide bonds. The molecule has 0 radical (unpaired) electrons. The number of hydrogen-bond acceptors (Lipinski definition) is 7. The smallest absolute Gasteiger partial charge is 0.409 e. The Morgan fingerprint density at radius 1 is 1.33 bits per heavy atom. The maximum absolute atomic E-state index is 11.9. The number of anilines is 1. The molecule has 0 aliphatic carbocycles. The van der Waals surface area contributed by atoms with Crippen molar-refractivity contribution in [2.75, 3.05) is 39.3 Å². The largest absolute Gasteiger partial charge is 0.489 e. The Labute approximate surface area is 141 Å². The van der Waals surface area contributed by atoms with E-state index in [0.29, 0.717) is 18.8 Å². The lowest BCUT2D eigenvalue weighted by atomic mass is 10.1. The van der Waals surface area contributed by atoms with E-state index < -0.39 is 11.0 Å². The van der Waals surface area contributed by atoms with Crippen LogP contribution >= 0.6 is 0 Å². The summed E-state index contributed by atoms with van der Waals surface area (Å²) in [4.78, 5) is 29.5. The zero-order chi connectivity index (χ0) is 18.5. The minimum absolute atomic E-state index is 0.0880. The lowest BCUT2D eigenvalue weighted by Gasteiger charge is -2.35. The van der Waals surface area contributed by atoms with Gasteiger partial charge in [-0.15, -0.1) is 0 Å². The van der Waals surface area contributed by atoms with E-state index in [4.69, 9.17) is 9.47 Å². The van der Waals surface area contributed by atoms with Crippen molar-refractivity contribution in [2.24, 2.45) is 0 Å². The van der Waals surface area contributed by atoms with Crippen LogP contribution in [0.25, 0.3) is 0 Å². The van der Waals surface area contributed by atoms with Gasteiger partial charge in [0.05, 0.1) is 19.9 Å². The van der Waals surface area contributed by atoms with Crippen LogP contribution < -0.4 is 9.64 Å². The van der Waals surface area contributed by atoms with E-state index in [1.165, 1.54) is 20.4 Å². The first-order chi connectivity index (χ1) is 11.1. The molecular weight excluding hydrogens is 316 g/mol. The standard InChI is InChI=1S/C15H24N4O5/c1-15(2,3)18(14(20)24-6)8-7-17(4)11-9-12(23-5)13(16-10-11)19(21)22/h9-10H,7-8H2,1-6H3. The first-order valence-electron chi connectivity index (χ1n) is 7.37. The first kappa shape index (κ1) is 19.5. The Bertz CT molecular complexity index is 600. The monoisotopic (exact) mass is 340 g/mol. The third kappa shape index (κ3) is 4.71. The zero-order valence-corrected chi connectivity index (χ0v) is 14.9. The molecule has 24 heavy (non-hydrogen) atoms. The summed E-state index contributed by atoms with van der Waals surface area (Å²) < 4.78 is 9.83. The Morgan fingerprint density at radius 2 is 1.96 bits per heavy atom. The van der Waals surface area contributed by atoms with Gasteiger partial charge >= 0.3 is 11.9 Å². The molecule has 0 saturated heterocycles. The Morgan fingerprint density at radius 3 is 2.42 bits per heavy atom. The van der Waals surface area contributed by atoms with Crippen LogP contribution in [0.3, 0.4) is 0 Å². The van der Waals surface area contributed by atoms with Gasteiger partial charge in [-0.1, -0.05) is 0 Å². The molecule has 1 heterocycles. The number of nitrogens with zero attached hydrogens (tertiary/aromatic N) is 4. The maximum Gasteiger partial charge on any atom is 0.409 e. The van der Waals surface area contributed by atoms with Gasteiger partial charge in [0.1, 0.15) is 0 Å². The third-order valence-corrected chi connectivity index (χ3v) is 3.52. The number of carbonyl (C=O) groups is 1. The van der Waals surface area contributed by atoms with Gasteiger partial charge in [0.2, 0.25) is 5.75 Å². The average Bonchev–Trinajstić information content (AvgIpc) is 2.52. The number of amides is 1. The quantitative estimate of drug-likeness (QED) is 0.579. The summed E-state index contributed by atoms with van der Waals surface area (Å²) in [6.07, 6.45) is 0.996. The fourth-order valence-electron chi connectivity index (χ4n) is 2.11. The molecule has 0 atom stereocenters. The predicted octanol–water partition coefficient (Wildman–Crippen LogP) is 2.30. The van der Waals surface area contributed by atoms with Crippen molar-refractivity contribution in [1.82, 2.24) is 9.88 Å². The van der Waals surface area contributed by atoms with E-state index in [1.807, 2.05) is 25.7 Å². The highest BCUT2D eigenvalue weighted by molar-refractivity contribution is 5.68. The van der Waals surface area contributed by atoms with Crippen LogP contribution in [0.2, 0.25) is 0 Å². The second-order valence-electron chi connectivity index (χ2n) is 6.19. The summed E-state index contributed by atoms with van der Waals surface area (Å²) in [5, 5.41) is 10.9. The molecule has 0 aromatic carbocycles. The van der Waals surface area contributed by atoms with Crippen LogP contribution in [0, 0.1) is 10.1 Å². The number of likely N-dealkylation sites (N-methyl/N-ethyl adjacent to an activating group) is 1. The van der Waals surface area contributed by atoms with Crippen molar-refractivity contribution < 1.29 is 19.2 Å². The van der Waals surface area contributed by atoms with Crippen LogP contribution in [-0.4, -0.2) is 60.8 Å². The Hall–Kier alpha value is -2.58. The number of pyridine rings is 1. The van der Waals surface area contributed by atoms with Gasteiger partial charge in [0.25, 0.3) is 0 Å². The van der Waals surface area contributed by atoms with E-state index in [9.17, 15) is 14.9 Å². The molecule has 9 heteroatoms. The highest BCUT2D eigenvalue weighted by atomic mass is 16.6. The molecule has 0 bridgehead atoms. The minimum Gasteiger partial charge on any atom is -0.489 e. The molecular formula is C15H24N4O5. The summed E-state index contributed by atoms with van der Waals surface area (Å²) in [5.41, 5.74) is 0.260. The van der Waals surface area contributed by atoms with Gasteiger partial charge < -0.3 is 29.4 Å². The van der Waals surface area contributed by atoms with E-state index in [1.54, 1.807) is 18.0 Å². The first-order valence-corrected chi connectivity index (χ1v) is 7.37. The summed E-state index contributed by atoms with van der Waals surface area (Å²) in [7, 11) is 4.50. The third-order valence-electron chi connectivity index (χ3n) is 3.52. The fourth-order valence-corrected chi connectivity index (χ4v) is 2.11. The normalized spacial score (nSPS) is 10.9. The predicted molar refractivity (Wildman–Crippen MR) is 89.6 cm³/mol. The highest BCUT2D eigenvalue weighted by Gasteiger charge is 2.27. The molecule has 0 spiro atoms. The SMILES string of the molecule is COC(=O)N(CCN(C)c1cnc([N+](=O)[O-])c(OC)c1)C(C)(C)C. The van der Waals surface area contributed by atoms with Gasteiger partial charge in [-0.25, -0.2) is 4.79 Å². The van der Waals surface area contributed by atoms with Crippen LogP contribution in [0.5, 0.6) is 5.75 Å². The summed E-state index contributed by atoms with van der Waals surface area (Å²) in [6.45, 7) is 6.67. The number of methoxy groups -OCH3 is 2. The molecule has 0 aliphatic rings. The van der Waals surface area contributed by atoms with Crippen LogP contribution in [-0.2, 0) is 4.74 Å². The molecule has 0 aliphatic heterocycles. The van der Waals surface area contributed by atoms with Crippen LogP contribution in [0.4, 0.5) is 16.3 Å². The van der Waals surface area contributed by atoms with Gasteiger partial charge in [-0.2, -0.15) is 0 Å². The van der Waals surface area contributed by atoms with Crippen molar-refractivity contribution in [3.8, 4) is 5.75 Å². The number of rotatable bonds is 6. The molecule has 9 nitrogen and oxygen atoms in total. The number of hydrogen-bond donors (Lipinski definition) is 0. The molecule has 0 N–H and O–H groups in total. The lowest BCUT2D eigenvalue weighted by Crippen LogP contribution is -2.48. The Balaban J connectivity index is 2.89. The number of carbonyl (C=O) groups excluding carboxylic acids is 1. The van der Waals surface area contributed by atoms with Crippen molar-refractivity contribution in [2.45, 2.75) is 26.3 Å². The average molecular weight is 340 g/mol. The summed E-state index contributed by atoms with van der Waals surface area (Å²) in [5.74, 6) is -0.245. The van der Waals surface area contributed by atoms with Gasteiger partial charge in [-0.05, 0) is 30.7 Å². The second-order valence-corrected chi connectivity index (χ2v) is 6.19. The zero-order valence-electron chi connectivity index (χ0n) is 14.9. The molecule has 0 unspecified atom stereocenters. The minimum atomic E-state index is -0.596. The maximum atomic E-state index is 11.9. The topological polar surface area (TPSA) is 98.0 Å². The van der Waals surface area contributed by atoms with Gasteiger partial charge in [0, 0.05) is 31.7 Å². The second kappa shape index (κ2) is 7.80. The molecule has 1 aromatic heterocycles. The van der Waals surface area contributed by atoms with Crippen molar-refractivity contribution >= 4 is 17.6 Å². The summed E-state index contributed by atoms with van der Waals surface area (Å²) >= 11 is 0. The van der Waals surface area contributed by atoms with E-state index >= 15 is 0 Å². The van der Waals surface area contributed by atoms with Crippen molar-refractivity contribution in [1.29, 1.82) is 0 Å². The molecule has 1 aromatic rings. The molecule has 0 saturated carbocycles.